The van der Waals surface area contributed by atoms with Gasteiger partial charge < -0.3 is 10.5 Å². The van der Waals surface area contributed by atoms with Crippen molar-refractivity contribution in [1.82, 2.24) is 4.90 Å². The molecular weight excluding hydrogens is 196 g/mol. The normalized spacial score (nSPS) is 21.7. The van der Waals surface area contributed by atoms with Crippen molar-refractivity contribution in [2.45, 2.75) is 31.8 Å². The molecule has 0 aromatic carbocycles. The Hall–Kier alpha value is -0.190. The van der Waals surface area contributed by atoms with Gasteiger partial charge in [0.2, 0.25) is 0 Å². The molecule has 0 amide bonds. The number of rotatable bonds is 6. The van der Waals surface area contributed by atoms with Gasteiger partial charge in [0.25, 0.3) is 0 Å². The molecule has 1 rings (SSSR count). The van der Waals surface area contributed by atoms with Crippen LogP contribution in [0.15, 0.2) is 0 Å². The van der Waals surface area contributed by atoms with Crippen molar-refractivity contribution in [3.63, 3.8) is 0 Å². The van der Waals surface area contributed by atoms with Gasteiger partial charge in [0.05, 0.1) is 11.1 Å². The second-order valence-corrected chi connectivity index (χ2v) is 4.51. The summed E-state index contributed by atoms with van der Waals surface area (Å²) in [5, 5.41) is 0. The molecule has 1 fully saturated rings. The van der Waals surface area contributed by atoms with Crippen LogP contribution in [0.4, 0.5) is 0 Å². The number of ether oxygens (including phenoxy) is 1. The lowest BCUT2D eigenvalue weighted by Gasteiger charge is -2.16. The summed E-state index contributed by atoms with van der Waals surface area (Å²) in [6.45, 7) is 2.73. The fraction of sp³-hybridized carbons (Fsp3) is 0.900. The molecule has 0 bridgehead atoms. The molecule has 0 spiro atoms. The summed E-state index contributed by atoms with van der Waals surface area (Å²) in [6, 6.07) is 0. The van der Waals surface area contributed by atoms with Crippen LogP contribution >= 0.6 is 12.2 Å². The number of hydrogen-bond acceptors (Lipinski definition) is 3. The van der Waals surface area contributed by atoms with Crippen molar-refractivity contribution in [2.24, 2.45) is 5.73 Å². The molecule has 0 aromatic heterocycles. The molecule has 0 saturated carbocycles. The molecule has 14 heavy (non-hydrogen) atoms. The van der Waals surface area contributed by atoms with E-state index in [4.69, 9.17) is 22.7 Å². The van der Waals surface area contributed by atoms with Gasteiger partial charge in [0.1, 0.15) is 0 Å². The largest absolute Gasteiger partial charge is 0.392 e. The fourth-order valence-corrected chi connectivity index (χ4v) is 2.03. The standard InChI is InChI=1S/C10H20N2OS/c1-12(8-10(11)14)6-2-4-9-5-3-7-13-9/h9H,2-8H2,1H3,(H2,11,14). The van der Waals surface area contributed by atoms with Crippen LogP contribution in [0.3, 0.4) is 0 Å². The van der Waals surface area contributed by atoms with E-state index in [9.17, 15) is 0 Å². The summed E-state index contributed by atoms with van der Waals surface area (Å²) in [5.74, 6) is 0. The molecule has 1 unspecified atom stereocenters. The molecule has 4 heteroatoms. The first-order chi connectivity index (χ1) is 6.68. The molecule has 1 aliphatic heterocycles. The van der Waals surface area contributed by atoms with Crippen molar-refractivity contribution in [3.05, 3.63) is 0 Å². The SMILES string of the molecule is CN(CCCC1CCCO1)CC(N)=S. The lowest BCUT2D eigenvalue weighted by molar-refractivity contribution is 0.100. The Morgan fingerprint density at radius 1 is 1.64 bits per heavy atom. The lowest BCUT2D eigenvalue weighted by atomic mass is 10.1. The summed E-state index contributed by atoms with van der Waals surface area (Å²) in [5.41, 5.74) is 5.45. The van der Waals surface area contributed by atoms with E-state index in [2.05, 4.69) is 11.9 Å². The predicted molar refractivity (Wildman–Crippen MR) is 62.5 cm³/mol. The topological polar surface area (TPSA) is 38.5 Å². The summed E-state index contributed by atoms with van der Waals surface area (Å²) in [7, 11) is 2.05. The average Bonchev–Trinajstić information content (AvgIpc) is 2.55. The molecule has 0 radical (unpaired) electrons. The van der Waals surface area contributed by atoms with Gasteiger partial charge in [-0.1, -0.05) is 12.2 Å². The fourth-order valence-electron chi connectivity index (χ4n) is 1.81. The highest BCUT2D eigenvalue weighted by Crippen LogP contribution is 2.16. The van der Waals surface area contributed by atoms with Crippen molar-refractivity contribution in [2.75, 3.05) is 26.7 Å². The summed E-state index contributed by atoms with van der Waals surface area (Å²) >= 11 is 4.84. The molecule has 3 nitrogen and oxygen atoms in total. The van der Waals surface area contributed by atoms with Gasteiger partial charge >= 0.3 is 0 Å². The number of likely N-dealkylation sites (N-methyl/N-ethyl adjacent to an activating group) is 1. The van der Waals surface area contributed by atoms with Crippen molar-refractivity contribution >= 4 is 17.2 Å². The Balaban J connectivity index is 1.99. The van der Waals surface area contributed by atoms with Crippen molar-refractivity contribution < 1.29 is 4.74 Å². The first kappa shape index (κ1) is 11.9. The van der Waals surface area contributed by atoms with Crippen molar-refractivity contribution in [1.29, 1.82) is 0 Å². The predicted octanol–water partition coefficient (Wildman–Crippen LogP) is 1.16. The van der Waals surface area contributed by atoms with E-state index in [1.54, 1.807) is 0 Å². The highest BCUT2D eigenvalue weighted by atomic mass is 32.1. The molecule has 0 aromatic rings. The quantitative estimate of drug-likeness (QED) is 0.676. The van der Waals surface area contributed by atoms with Crippen molar-refractivity contribution in [3.8, 4) is 0 Å². The first-order valence-corrected chi connectivity index (χ1v) is 5.68. The van der Waals surface area contributed by atoms with E-state index in [1.165, 1.54) is 25.7 Å². The minimum Gasteiger partial charge on any atom is -0.392 e. The van der Waals surface area contributed by atoms with Crippen LogP contribution in [-0.2, 0) is 4.74 Å². The first-order valence-electron chi connectivity index (χ1n) is 5.27. The molecule has 1 aliphatic rings. The van der Waals surface area contributed by atoms with E-state index in [-0.39, 0.29) is 0 Å². The van der Waals surface area contributed by atoms with Gasteiger partial charge in [-0.05, 0) is 39.3 Å². The number of nitrogens with zero attached hydrogens (tertiary/aromatic N) is 1. The second kappa shape index (κ2) is 6.32. The number of nitrogens with two attached hydrogens (primary N) is 1. The molecular formula is C10H20N2OS. The summed E-state index contributed by atoms with van der Waals surface area (Å²) in [4.78, 5) is 2.74. The van der Waals surface area contributed by atoms with E-state index in [0.29, 0.717) is 11.1 Å². The summed E-state index contributed by atoms with van der Waals surface area (Å²) < 4.78 is 5.55. The van der Waals surface area contributed by atoms with Crippen LogP contribution in [0.25, 0.3) is 0 Å². The Bertz CT molecular complexity index is 181. The highest BCUT2D eigenvalue weighted by Gasteiger charge is 2.14. The average molecular weight is 216 g/mol. The van der Waals surface area contributed by atoms with E-state index in [1.807, 2.05) is 0 Å². The van der Waals surface area contributed by atoms with Crippen LogP contribution in [0, 0.1) is 0 Å². The molecule has 1 heterocycles. The van der Waals surface area contributed by atoms with Gasteiger partial charge in [-0.15, -0.1) is 0 Å². The second-order valence-electron chi connectivity index (χ2n) is 3.98. The zero-order valence-corrected chi connectivity index (χ0v) is 9.68. The Labute approximate surface area is 91.6 Å². The maximum absolute atomic E-state index is 5.55. The zero-order valence-electron chi connectivity index (χ0n) is 8.87. The maximum atomic E-state index is 5.55. The Morgan fingerprint density at radius 2 is 2.43 bits per heavy atom. The maximum Gasteiger partial charge on any atom is 0.0869 e. The Morgan fingerprint density at radius 3 is 3.00 bits per heavy atom. The third-order valence-electron chi connectivity index (χ3n) is 2.52. The van der Waals surface area contributed by atoms with Gasteiger partial charge in [-0.3, -0.25) is 4.90 Å². The lowest BCUT2D eigenvalue weighted by Crippen LogP contribution is -2.30. The molecule has 1 atom stereocenters. The molecule has 82 valence electrons. The third-order valence-corrected chi connectivity index (χ3v) is 2.64. The van der Waals surface area contributed by atoms with E-state index >= 15 is 0 Å². The number of hydrogen-bond donors (Lipinski definition) is 1. The van der Waals surface area contributed by atoms with Gasteiger partial charge in [0.15, 0.2) is 0 Å². The third kappa shape index (κ3) is 4.88. The zero-order chi connectivity index (χ0) is 10.4. The van der Waals surface area contributed by atoms with Crippen LogP contribution in [0.1, 0.15) is 25.7 Å². The van der Waals surface area contributed by atoms with Gasteiger partial charge in [0, 0.05) is 13.2 Å². The van der Waals surface area contributed by atoms with Gasteiger partial charge in [-0.25, -0.2) is 0 Å². The number of thiocarbonyl (C=S) groups is 1. The van der Waals surface area contributed by atoms with Crippen LogP contribution in [0.2, 0.25) is 0 Å². The molecule has 0 aliphatic carbocycles. The van der Waals surface area contributed by atoms with E-state index < -0.39 is 0 Å². The van der Waals surface area contributed by atoms with Crippen LogP contribution < -0.4 is 5.73 Å². The highest BCUT2D eigenvalue weighted by molar-refractivity contribution is 7.80. The minimum absolute atomic E-state index is 0.508. The van der Waals surface area contributed by atoms with Gasteiger partial charge in [-0.2, -0.15) is 0 Å². The summed E-state index contributed by atoms with van der Waals surface area (Å²) in [6.07, 6.45) is 5.31. The van der Waals surface area contributed by atoms with Crippen LogP contribution in [0.5, 0.6) is 0 Å². The minimum atomic E-state index is 0.508. The van der Waals surface area contributed by atoms with E-state index in [0.717, 1.165) is 19.7 Å². The monoisotopic (exact) mass is 216 g/mol. The Kier molecular flexibility index (Phi) is 5.37. The van der Waals surface area contributed by atoms with Crippen LogP contribution in [-0.4, -0.2) is 42.7 Å². The molecule has 2 N–H and O–H groups in total. The molecule has 1 saturated heterocycles. The smallest absolute Gasteiger partial charge is 0.0869 e.